The van der Waals surface area contributed by atoms with Crippen molar-refractivity contribution in [3.05, 3.63) is 82.9 Å². The van der Waals surface area contributed by atoms with Crippen LogP contribution in [0.3, 0.4) is 0 Å². The molecule has 0 aliphatic carbocycles. The number of carbonyl (C=O) groups is 1. The Morgan fingerprint density at radius 2 is 1.32 bits per heavy atom. The lowest BCUT2D eigenvalue weighted by atomic mass is 10.0. The van der Waals surface area contributed by atoms with E-state index in [1.54, 1.807) is 12.1 Å². The van der Waals surface area contributed by atoms with Crippen molar-refractivity contribution in [3.8, 4) is 22.6 Å². The first-order valence-corrected chi connectivity index (χ1v) is 14.3. The van der Waals surface area contributed by atoms with E-state index in [0.29, 0.717) is 28.7 Å². The minimum atomic E-state index is -0.363. The van der Waals surface area contributed by atoms with Crippen molar-refractivity contribution >= 4 is 17.6 Å². The van der Waals surface area contributed by atoms with Crippen LogP contribution in [0.2, 0.25) is 5.02 Å². The van der Waals surface area contributed by atoms with Gasteiger partial charge in [-0.05, 0) is 72.4 Å². The first-order valence-electron chi connectivity index (χ1n) is 13.9. The number of halogens is 1. The Labute approximate surface area is 228 Å². The van der Waals surface area contributed by atoms with Gasteiger partial charge in [-0.3, -0.25) is 0 Å². The smallest absolute Gasteiger partial charge is 0.343 e. The lowest BCUT2D eigenvalue weighted by Crippen LogP contribution is -2.08. The van der Waals surface area contributed by atoms with Crippen LogP contribution in [0.5, 0.6) is 11.5 Å². The molecule has 0 spiro atoms. The van der Waals surface area contributed by atoms with Crippen LogP contribution >= 0.6 is 11.6 Å². The van der Waals surface area contributed by atoms with Crippen molar-refractivity contribution < 1.29 is 14.3 Å². The average Bonchev–Trinajstić information content (AvgIpc) is 2.92. The highest BCUT2D eigenvalue weighted by atomic mass is 35.5. The summed E-state index contributed by atoms with van der Waals surface area (Å²) in [5.41, 5.74) is 3.74. The molecule has 3 rings (SSSR count). The molecule has 0 bridgehead atoms. The Morgan fingerprint density at radius 1 is 0.703 bits per heavy atom. The van der Waals surface area contributed by atoms with Crippen LogP contribution < -0.4 is 9.47 Å². The van der Waals surface area contributed by atoms with Crippen LogP contribution in [0.15, 0.2) is 66.7 Å². The lowest BCUT2D eigenvalue weighted by molar-refractivity contribution is 0.0734. The fourth-order valence-corrected chi connectivity index (χ4v) is 4.54. The van der Waals surface area contributed by atoms with E-state index in [-0.39, 0.29) is 5.97 Å². The van der Waals surface area contributed by atoms with E-state index in [2.05, 4.69) is 13.8 Å². The summed E-state index contributed by atoms with van der Waals surface area (Å²) in [6, 6.07) is 21.0. The van der Waals surface area contributed by atoms with Crippen molar-refractivity contribution in [2.24, 2.45) is 0 Å². The molecule has 0 aliphatic heterocycles. The van der Waals surface area contributed by atoms with Crippen LogP contribution in [-0.2, 0) is 6.42 Å². The summed E-state index contributed by atoms with van der Waals surface area (Å²) in [6.07, 6.45) is 13.4. The maximum atomic E-state index is 12.6. The summed E-state index contributed by atoms with van der Waals surface area (Å²) in [5.74, 6) is 0.914. The minimum Gasteiger partial charge on any atom is -0.492 e. The van der Waals surface area contributed by atoms with Crippen LogP contribution in [0, 0.1) is 0 Å². The molecule has 0 saturated heterocycles. The van der Waals surface area contributed by atoms with Gasteiger partial charge in [-0.2, -0.15) is 0 Å². The van der Waals surface area contributed by atoms with Gasteiger partial charge in [0, 0.05) is 0 Å². The number of carbonyl (C=O) groups excluding carboxylic acids is 1. The lowest BCUT2D eigenvalue weighted by Gasteiger charge is -2.10. The minimum absolute atomic E-state index is 0.363. The highest BCUT2D eigenvalue weighted by Gasteiger charge is 2.10. The number of esters is 1. The van der Waals surface area contributed by atoms with Gasteiger partial charge < -0.3 is 9.47 Å². The summed E-state index contributed by atoms with van der Waals surface area (Å²) in [7, 11) is 0. The molecule has 37 heavy (non-hydrogen) atoms. The van der Waals surface area contributed by atoms with E-state index in [4.69, 9.17) is 21.1 Å². The third kappa shape index (κ3) is 9.89. The molecule has 3 aromatic carbocycles. The van der Waals surface area contributed by atoms with E-state index in [1.165, 1.54) is 63.4 Å². The Balaban J connectivity index is 1.48. The molecule has 3 nitrogen and oxygen atoms in total. The van der Waals surface area contributed by atoms with Crippen molar-refractivity contribution in [1.82, 2.24) is 0 Å². The van der Waals surface area contributed by atoms with Crippen molar-refractivity contribution in [2.45, 2.75) is 84.5 Å². The number of aryl methyl sites for hydroxylation is 1. The maximum Gasteiger partial charge on any atom is 0.343 e. The van der Waals surface area contributed by atoms with Gasteiger partial charge in [0.1, 0.15) is 11.5 Å². The molecular formula is C33H41ClO3. The molecule has 0 amide bonds. The largest absolute Gasteiger partial charge is 0.492 e. The monoisotopic (exact) mass is 520 g/mol. The Morgan fingerprint density at radius 3 is 2.00 bits per heavy atom. The van der Waals surface area contributed by atoms with Crippen LogP contribution in [-0.4, -0.2) is 12.6 Å². The highest BCUT2D eigenvalue weighted by Crippen LogP contribution is 2.31. The molecule has 0 heterocycles. The second-order valence-corrected chi connectivity index (χ2v) is 10.1. The summed E-state index contributed by atoms with van der Waals surface area (Å²) >= 11 is 6.50. The molecule has 0 atom stereocenters. The van der Waals surface area contributed by atoms with E-state index in [0.717, 1.165) is 24.0 Å². The van der Waals surface area contributed by atoms with Crippen LogP contribution in [0.25, 0.3) is 11.1 Å². The molecule has 0 fully saturated rings. The zero-order valence-corrected chi connectivity index (χ0v) is 23.2. The zero-order valence-electron chi connectivity index (χ0n) is 22.4. The van der Waals surface area contributed by atoms with Crippen LogP contribution in [0.1, 0.15) is 94.0 Å². The van der Waals surface area contributed by atoms with Gasteiger partial charge in [0.2, 0.25) is 0 Å². The Bertz CT molecular complexity index is 1070. The molecule has 0 saturated carbocycles. The summed E-state index contributed by atoms with van der Waals surface area (Å²) < 4.78 is 11.5. The second-order valence-electron chi connectivity index (χ2n) is 9.68. The van der Waals surface area contributed by atoms with Gasteiger partial charge in [0.05, 0.1) is 17.2 Å². The van der Waals surface area contributed by atoms with E-state index in [9.17, 15) is 4.79 Å². The topological polar surface area (TPSA) is 35.5 Å². The maximum absolute atomic E-state index is 12.6. The third-order valence-corrected chi connectivity index (χ3v) is 6.89. The first-order chi connectivity index (χ1) is 18.1. The van der Waals surface area contributed by atoms with E-state index >= 15 is 0 Å². The second kappa shape index (κ2) is 16.1. The van der Waals surface area contributed by atoms with Crippen LogP contribution in [0.4, 0.5) is 0 Å². The molecule has 0 aromatic heterocycles. The standard InChI is InChI=1S/C33H41ClO3/c1-3-5-7-8-9-10-12-24-36-32-23-20-29(25-31(32)34)27-16-18-28(19-17-27)33(35)37-30-21-14-26(15-22-30)13-11-6-4-2/h14-23,25H,3-13,24H2,1-2H3. The third-order valence-electron chi connectivity index (χ3n) is 6.59. The van der Waals surface area contributed by atoms with Gasteiger partial charge in [-0.15, -0.1) is 0 Å². The number of hydrogen-bond donors (Lipinski definition) is 0. The Kier molecular flexibility index (Phi) is 12.6. The number of benzene rings is 3. The van der Waals surface area contributed by atoms with Gasteiger partial charge in [-0.25, -0.2) is 4.79 Å². The predicted molar refractivity (Wildman–Crippen MR) is 155 cm³/mol. The quantitative estimate of drug-likeness (QED) is 0.107. The van der Waals surface area contributed by atoms with Gasteiger partial charge in [0.25, 0.3) is 0 Å². The summed E-state index contributed by atoms with van der Waals surface area (Å²) in [4.78, 5) is 12.6. The normalized spacial score (nSPS) is 10.9. The fraction of sp³-hybridized carbons (Fsp3) is 0.424. The van der Waals surface area contributed by atoms with Crippen molar-refractivity contribution in [1.29, 1.82) is 0 Å². The highest BCUT2D eigenvalue weighted by molar-refractivity contribution is 6.32. The molecule has 0 aliphatic rings. The SMILES string of the molecule is CCCCCCCCCOc1ccc(-c2ccc(C(=O)Oc3ccc(CCCCC)cc3)cc2)cc1Cl. The molecule has 0 unspecified atom stereocenters. The predicted octanol–water partition coefficient (Wildman–Crippen LogP) is 10.1. The number of unbranched alkanes of at least 4 members (excludes halogenated alkanes) is 8. The van der Waals surface area contributed by atoms with Gasteiger partial charge in [-0.1, -0.05) is 107 Å². The molecule has 198 valence electrons. The number of hydrogen-bond acceptors (Lipinski definition) is 3. The molecule has 4 heteroatoms. The molecular weight excluding hydrogens is 480 g/mol. The van der Waals surface area contributed by atoms with Gasteiger partial charge in [0.15, 0.2) is 0 Å². The van der Waals surface area contributed by atoms with E-state index < -0.39 is 0 Å². The summed E-state index contributed by atoms with van der Waals surface area (Å²) in [6.45, 7) is 5.13. The van der Waals surface area contributed by atoms with E-state index in [1.807, 2.05) is 54.6 Å². The summed E-state index contributed by atoms with van der Waals surface area (Å²) in [5, 5.41) is 0.599. The molecule has 0 radical (unpaired) electrons. The van der Waals surface area contributed by atoms with Crippen molar-refractivity contribution in [3.63, 3.8) is 0 Å². The fourth-order valence-electron chi connectivity index (χ4n) is 4.31. The Hall–Kier alpha value is -2.78. The number of rotatable bonds is 16. The van der Waals surface area contributed by atoms with Crippen molar-refractivity contribution in [2.75, 3.05) is 6.61 Å². The molecule has 3 aromatic rings. The van der Waals surface area contributed by atoms with Gasteiger partial charge >= 0.3 is 5.97 Å². The first kappa shape index (κ1) is 28.8. The molecule has 0 N–H and O–H groups in total. The average molecular weight is 521 g/mol. The number of ether oxygens (including phenoxy) is 2. The zero-order chi connectivity index (χ0) is 26.3.